The molecule has 0 heterocycles. The number of hydrogen-bond donors (Lipinski definition) is 0. The van der Waals surface area contributed by atoms with Crippen LogP contribution in [0, 0.1) is 11.8 Å². The summed E-state index contributed by atoms with van der Waals surface area (Å²) in [6.07, 6.45) is 1.09. The fraction of sp³-hybridized carbons (Fsp3) is 0.357. The van der Waals surface area contributed by atoms with Crippen LogP contribution in [0.25, 0.3) is 0 Å². The van der Waals surface area contributed by atoms with Crippen LogP contribution in [-0.4, -0.2) is 12.4 Å². The van der Waals surface area contributed by atoms with Gasteiger partial charge in [-0.05, 0) is 26.0 Å². The van der Waals surface area contributed by atoms with Gasteiger partial charge < -0.3 is 4.74 Å². The Morgan fingerprint density at radius 3 is 2.94 bits per heavy atom. The molecule has 0 amide bonds. The van der Waals surface area contributed by atoms with Crippen LogP contribution in [0.15, 0.2) is 24.3 Å². The van der Waals surface area contributed by atoms with Crippen molar-refractivity contribution in [2.45, 2.75) is 26.7 Å². The molecule has 0 saturated heterocycles. The molecule has 0 unspecified atom stereocenters. The fourth-order valence-corrected chi connectivity index (χ4v) is 1.37. The van der Waals surface area contributed by atoms with E-state index in [1.807, 2.05) is 25.1 Å². The monoisotopic (exact) mass is 216 g/mol. The summed E-state index contributed by atoms with van der Waals surface area (Å²) in [4.78, 5) is 11.8. The van der Waals surface area contributed by atoms with E-state index in [0.717, 1.165) is 5.75 Å². The molecule has 1 aromatic carbocycles. The van der Waals surface area contributed by atoms with Crippen molar-refractivity contribution in [3.05, 3.63) is 29.8 Å². The molecule has 0 spiro atoms. The van der Waals surface area contributed by atoms with Gasteiger partial charge in [0.2, 0.25) is 0 Å². The smallest absolute Gasteiger partial charge is 0.163 e. The molecule has 16 heavy (non-hydrogen) atoms. The van der Waals surface area contributed by atoms with E-state index < -0.39 is 0 Å². The van der Waals surface area contributed by atoms with Gasteiger partial charge in [0, 0.05) is 18.4 Å². The van der Waals surface area contributed by atoms with Gasteiger partial charge in [0.1, 0.15) is 5.75 Å². The van der Waals surface area contributed by atoms with E-state index in [1.54, 1.807) is 13.0 Å². The predicted molar refractivity (Wildman–Crippen MR) is 64.6 cm³/mol. The number of Topliss-reactive ketones (excluding diaryl/α,β-unsaturated/α-hetero) is 1. The van der Waals surface area contributed by atoms with Crippen LogP contribution in [0.5, 0.6) is 5.75 Å². The van der Waals surface area contributed by atoms with Gasteiger partial charge in [-0.1, -0.05) is 12.1 Å². The molecule has 0 N–H and O–H groups in total. The minimum absolute atomic E-state index is 0.115. The van der Waals surface area contributed by atoms with Gasteiger partial charge in [0.15, 0.2) is 5.78 Å². The molecule has 0 bridgehead atoms. The molecular weight excluding hydrogens is 200 g/mol. The average molecular weight is 216 g/mol. The lowest BCUT2D eigenvalue weighted by Gasteiger charge is -2.04. The molecule has 0 radical (unpaired) electrons. The van der Waals surface area contributed by atoms with Crippen LogP contribution in [0.4, 0.5) is 0 Å². The highest BCUT2D eigenvalue weighted by Crippen LogP contribution is 2.15. The minimum atomic E-state index is 0.115. The first-order chi connectivity index (χ1) is 7.77. The van der Waals surface area contributed by atoms with Crippen molar-refractivity contribution in [2.24, 2.45) is 0 Å². The lowest BCUT2D eigenvalue weighted by molar-refractivity contribution is 0.0984. The first-order valence-corrected chi connectivity index (χ1v) is 5.43. The van der Waals surface area contributed by atoms with Gasteiger partial charge >= 0.3 is 0 Å². The van der Waals surface area contributed by atoms with E-state index in [9.17, 15) is 4.79 Å². The number of carbonyl (C=O) groups is 1. The fourth-order valence-electron chi connectivity index (χ4n) is 1.37. The lowest BCUT2D eigenvalue weighted by atomic mass is 10.1. The standard InChI is InChI=1S/C14H16O2/c1-3-5-6-10-14(15)12-8-7-9-13(11-12)16-4-2/h7-9,11H,4,6,10H2,1-2H3. The predicted octanol–water partition coefficient (Wildman–Crippen LogP) is 3.07. The third-order valence-corrected chi connectivity index (χ3v) is 2.12. The summed E-state index contributed by atoms with van der Waals surface area (Å²) in [5.41, 5.74) is 0.698. The Balaban J connectivity index is 2.66. The van der Waals surface area contributed by atoms with Crippen LogP contribution in [0.1, 0.15) is 37.0 Å². The Morgan fingerprint density at radius 2 is 2.25 bits per heavy atom. The second-order valence-electron chi connectivity index (χ2n) is 3.31. The Hall–Kier alpha value is -1.75. The topological polar surface area (TPSA) is 26.3 Å². The molecule has 84 valence electrons. The quantitative estimate of drug-likeness (QED) is 0.558. The van der Waals surface area contributed by atoms with E-state index in [-0.39, 0.29) is 5.78 Å². The Labute approximate surface area is 96.6 Å². The molecule has 0 atom stereocenters. The van der Waals surface area contributed by atoms with Crippen LogP contribution in [-0.2, 0) is 0 Å². The molecule has 0 aliphatic heterocycles. The maximum Gasteiger partial charge on any atom is 0.163 e. The summed E-state index contributed by atoms with van der Waals surface area (Å²) in [6, 6.07) is 7.28. The summed E-state index contributed by atoms with van der Waals surface area (Å²) in [5.74, 6) is 6.53. The SMILES string of the molecule is CC#CCCC(=O)c1cccc(OCC)c1. The van der Waals surface area contributed by atoms with E-state index in [2.05, 4.69) is 11.8 Å². The normalized spacial score (nSPS) is 9.12. The van der Waals surface area contributed by atoms with Crippen LogP contribution in [0.3, 0.4) is 0 Å². The van der Waals surface area contributed by atoms with Crippen LogP contribution in [0.2, 0.25) is 0 Å². The Morgan fingerprint density at radius 1 is 1.44 bits per heavy atom. The summed E-state index contributed by atoms with van der Waals surface area (Å²) in [6.45, 7) is 4.31. The summed E-state index contributed by atoms with van der Waals surface area (Å²) in [7, 11) is 0. The second-order valence-corrected chi connectivity index (χ2v) is 3.31. The van der Waals surface area contributed by atoms with Crippen LogP contribution >= 0.6 is 0 Å². The van der Waals surface area contributed by atoms with E-state index >= 15 is 0 Å². The van der Waals surface area contributed by atoms with Gasteiger partial charge in [-0.25, -0.2) is 0 Å². The maximum atomic E-state index is 11.8. The third kappa shape index (κ3) is 3.78. The number of ether oxygens (including phenoxy) is 1. The number of ketones is 1. The highest BCUT2D eigenvalue weighted by Gasteiger charge is 2.05. The molecule has 2 heteroatoms. The number of carbonyl (C=O) groups excluding carboxylic acids is 1. The summed E-state index contributed by atoms with van der Waals surface area (Å²) < 4.78 is 5.34. The molecule has 1 rings (SSSR count). The van der Waals surface area contributed by atoms with Gasteiger partial charge in [-0.2, -0.15) is 0 Å². The van der Waals surface area contributed by atoms with Crippen molar-refractivity contribution in [3.8, 4) is 17.6 Å². The number of benzene rings is 1. The zero-order valence-electron chi connectivity index (χ0n) is 9.75. The number of rotatable bonds is 5. The van der Waals surface area contributed by atoms with E-state index in [4.69, 9.17) is 4.74 Å². The number of hydrogen-bond acceptors (Lipinski definition) is 2. The second kappa shape index (κ2) is 6.68. The van der Waals surface area contributed by atoms with Crippen molar-refractivity contribution < 1.29 is 9.53 Å². The van der Waals surface area contributed by atoms with Gasteiger partial charge in [-0.3, -0.25) is 4.79 Å². The third-order valence-electron chi connectivity index (χ3n) is 2.12. The van der Waals surface area contributed by atoms with Gasteiger partial charge in [0.05, 0.1) is 6.61 Å². The van der Waals surface area contributed by atoms with Gasteiger partial charge in [0.25, 0.3) is 0 Å². The van der Waals surface area contributed by atoms with Crippen molar-refractivity contribution in [1.82, 2.24) is 0 Å². The van der Waals surface area contributed by atoms with Crippen molar-refractivity contribution >= 4 is 5.78 Å². The van der Waals surface area contributed by atoms with Crippen molar-refractivity contribution in [2.75, 3.05) is 6.61 Å². The molecule has 0 aromatic heterocycles. The van der Waals surface area contributed by atoms with Gasteiger partial charge in [-0.15, -0.1) is 11.8 Å². The zero-order valence-corrected chi connectivity index (χ0v) is 9.75. The minimum Gasteiger partial charge on any atom is -0.494 e. The first-order valence-electron chi connectivity index (χ1n) is 5.43. The molecule has 0 saturated carbocycles. The average Bonchev–Trinajstić information content (AvgIpc) is 2.30. The lowest BCUT2D eigenvalue weighted by Crippen LogP contribution is -1.99. The van der Waals surface area contributed by atoms with Crippen molar-refractivity contribution in [1.29, 1.82) is 0 Å². The van der Waals surface area contributed by atoms with E-state index in [1.165, 1.54) is 0 Å². The first kappa shape index (κ1) is 12.3. The molecule has 1 aromatic rings. The Bertz CT molecular complexity index is 410. The van der Waals surface area contributed by atoms with Crippen molar-refractivity contribution in [3.63, 3.8) is 0 Å². The highest BCUT2D eigenvalue weighted by atomic mass is 16.5. The molecule has 0 aliphatic rings. The molecule has 0 aliphatic carbocycles. The molecule has 0 fully saturated rings. The summed E-state index contributed by atoms with van der Waals surface area (Å²) >= 11 is 0. The van der Waals surface area contributed by atoms with E-state index in [0.29, 0.717) is 25.0 Å². The maximum absolute atomic E-state index is 11.8. The largest absolute Gasteiger partial charge is 0.494 e. The molecule has 2 nitrogen and oxygen atoms in total. The Kier molecular flexibility index (Phi) is 5.15. The van der Waals surface area contributed by atoms with Crippen LogP contribution < -0.4 is 4.74 Å². The summed E-state index contributed by atoms with van der Waals surface area (Å²) in [5, 5.41) is 0. The highest BCUT2D eigenvalue weighted by molar-refractivity contribution is 5.96. The zero-order chi connectivity index (χ0) is 11.8. The molecular formula is C14H16O2.